The summed E-state index contributed by atoms with van der Waals surface area (Å²) >= 11 is 5.10. The normalized spacial score (nSPS) is 14.3. The Morgan fingerprint density at radius 3 is 3.00 bits per heavy atom. The Bertz CT molecular complexity index is 635. The van der Waals surface area contributed by atoms with Gasteiger partial charge in [0.05, 0.1) is 12.1 Å². The van der Waals surface area contributed by atoms with Crippen molar-refractivity contribution in [1.29, 1.82) is 0 Å². The van der Waals surface area contributed by atoms with Gasteiger partial charge >= 0.3 is 0 Å². The molecule has 19 heavy (non-hydrogen) atoms. The summed E-state index contributed by atoms with van der Waals surface area (Å²) in [4.78, 5) is 7.09. The molecule has 2 aromatic rings. The first-order valence-corrected chi connectivity index (χ1v) is 6.45. The minimum Gasteiger partial charge on any atom is -0.389 e. The molecule has 0 bridgehead atoms. The highest BCUT2D eigenvalue weighted by Crippen LogP contribution is 2.22. The molecule has 1 aliphatic rings. The molecule has 3 rings (SSSR count). The Labute approximate surface area is 116 Å². The van der Waals surface area contributed by atoms with Crippen molar-refractivity contribution in [3.8, 4) is 0 Å². The number of fused-ring (bicyclic) bond motifs is 1. The average Bonchev–Trinajstić information content (AvgIpc) is 2.85. The van der Waals surface area contributed by atoms with Crippen LogP contribution in [0.5, 0.6) is 0 Å². The quantitative estimate of drug-likeness (QED) is 0.810. The molecule has 7 heteroatoms. The summed E-state index contributed by atoms with van der Waals surface area (Å²) in [6, 6.07) is 3.85. The first kappa shape index (κ1) is 12.0. The molecular formula is C12H14N6S. The second kappa shape index (κ2) is 4.58. The monoisotopic (exact) mass is 274 g/mol. The minimum atomic E-state index is 0.370. The summed E-state index contributed by atoms with van der Waals surface area (Å²) in [6.07, 6.45) is 1.75. The van der Waals surface area contributed by atoms with Crippen molar-refractivity contribution in [3.63, 3.8) is 0 Å². The van der Waals surface area contributed by atoms with E-state index in [-0.39, 0.29) is 0 Å². The van der Waals surface area contributed by atoms with Gasteiger partial charge in [-0.15, -0.1) is 10.2 Å². The highest BCUT2D eigenvalue weighted by molar-refractivity contribution is 7.80. The molecule has 0 saturated heterocycles. The van der Waals surface area contributed by atoms with E-state index in [9.17, 15) is 0 Å². The van der Waals surface area contributed by atoms with Crippen LogP contribution in [0, 0.1) is 6.92 Å². The number of hydrogen-bond donors (Lipinski definition) is 1. The molecule has 2 aromatic heterocycles. The maximum absolute atomic E-state index is 5.78. The number of nitrogens with zero attached hydrogens (tertiary/aromatic N) is 5. The zero-order valence-corrected chi connectivity index (χ0v) is 11.4. The highest BCUT2D eigenvalue weighted by atomic mass is 32.1. The SMILES string of the molecule is Cc1ccc(C(N)=S)c(N2CCn3cnnc3C2)n1. The molecule has 1 aliphatic heterocycles. The lowest BCUT2D eigenvalue weighted by molar-refractivity contribution is 0.555. The zero-order valence-electron chi connectivity index (χ0n) is 10.6. The smallest absolute Gasteiger partial charge is 0.152 e. The van der Waals surface area contributed by atoms with Crippen LogP contribution in [-0.2, 0) is 13.1 Å². The first-order valence-electron chi connectivity index (χ1n) is 6.04. The van der Waals surface area contributed by atoms with Crippen molar-refractivity contribution in [1.82, 2.24) is 19.7 Å². The van der Waals surface area contributed by atoms with Gasteiger partial charge in [-0.2, -0.15) is 0 Å². The molecule has 0 fully saturated rings. The Hall–Kier alpha value is -2.02. The number of nitrogens with two attached hydrogens (primary N) is 1. The molecule has 0 spiro atoms. The van der Waals surface area contributed by atoms with Gasteiger partial charge in [0.15, 0.2) is 5.82 Å². The molecule has 0 amide bonds. The molecule has 0 radical (unpaired) electrons. The van der Waals surface area contributed by atoms with Gasteiger partial charge in [0, 0.05) is 18.8 Å². The van der Waals surface area contributed by atoms with E-state index < -0.39 is 0 Å². The number of thiocarbonyl (C=S) groups is 1. The molecule has 0 atom stereocenters. The van der Waals surface area contributed by atoms with Crippen LogP contribution in [0.4, 0.5) is 5.82 Å². The second-order valence-corrected chi connectivity index (χ2v) is 4.99. The fourth-order valence-electron chi connectivity index (χ4n) is 2.22. The van der Waals surface area contributed by atoms with E-state index in [2.05, 4.69) is 20.1 Å². The van der Waals surface area contributed by atoms with Crippen LogP contribution in [0.25, 0.3) is 0 Å². The van der Waals surface area contributed by atoms with Crippen molar-refractivity contribution < 1.29 is 0 Å². The maximum atomic E-state index is 5.78. The summed E-state index contributed by atoms with van der Waals surface area (Å²) in [7, 11) is 0. The van der Waals surface area contributed by atoms with E-state index in [0.717, 1.165) is 36.0 Å². The van der Waals surface area contributed by atoms with E-state index in [0.29, 0.717) is 11.5 Å². The van der Waals surface area contributed by atoms with Crippen LogP contribution in [0.3, 0.4) is 0 Å². The van der Waals surface area contributed by atoms with E-state index >= 15 is 0 Å². The van der Waals surface area contributed by atoms with Crippen molar-refractivity contribution in [2.75, 3.05) is 11.4 Å². The predicted octanol–water partition coefficient (Wildman–Crippen LogP) is 0.636. The lowest BCUT2D eigenvalue weighted by atomic mass is 10.2. The molecular weight excluding hydrogens is 260 g/mol. The number of aromatic nitrogens is 4. The molecule has 3 heterocycles. The molecule has 0 unspecified atom stereocenters. The molecule has 0 aromatic carbocycles. The third kappa shape index (κ3) is 2.17. The van der Waals surface area contributed by atoms with E-state index in [4.69, 9.17) is 18.0 Å². The van der Waals surface area contributed by atoms with Gasteiger partial charge in [-0.1, -0.05) is 12.2 Å². The van der Waals surface area contributed by atoms with E-state index in [1.54, 1.807) is 6.33 Å². The molecule has 0 saturated carbocycles. The van der Waals surface area contributed by atoms with Crippen molar-refractivity contribution in [2.45, 2.75) is 20.0 Å². The summed E-state index contributed by atoms with van der Waals surface area (Å²) in [6.45, 7) is 4.32. The number of aryl methyl sites for hydroxylation is 1. The standard InChI is InChI=1S/C12H14N6S/c1-8-2-3-9(11(13)19)12(15-8)17-4-5-18-7-14-16-10(18)6-17/h2-3,7H,4-6H2,1H3,(H2,13,19). The van der Waals surface area contributed by atoms with Crippen molar-refractivity contribution in [3.05, 3.63) is 35.5 Å². The molecule has 6 nitrogen and oxygen atoms in total. The van der Waals surface area contributed by atoms with Crippen LogP contribution in [0.1, 0.15) is 17.1 Å². The van der Waals surface area contributed by atoms with Gasteiger partial charge in [0.25, 0.3) is 0 Å². The number of pyridine rings is 1. The average molecular weight is 274 g/mol. The number of hydrogen-bond acceptors (Lipinski definition) is 5. The fourth-order valence-corrected chi connectivity index (χ4v) is 2.38. The van der Waals surface area contributed by atoms with Gasteiger partial charge in [0.2, 0.25) is 0 Å². The Kier molecular flexibility index (Phi) is 2.90. The predicted molar refractivity (Wildman–Crippen MR) is 75.9 cm³/mol. The van der Waals surface area contributed by atoms with Crippen molar-refractivity contribution >= 4 is 23.0 Å². The highest BCUT2D eigenvalue weighted by Gasteiger charge is 2.21. The third-order valence-corrected chi connectivity index (χ3v) is 3.44. The molecule has 98 valence electrons. The van der Waals surface area contributed by atoms with Crippen molar-refractivity contribution in [2.24, 2.45) is 5.73 Å². The van der Waals surface area contributed by atoms with Crippen LogP contribution >= 0.6 is 12.2 Å². The van der Waals surface area contributed by atoms with E-state index in [1.807, 2.05) is 23.6 Å². The number of anilines is 1. The maximum Gasteiger partial charge on any atom is 0.152 e. The van der Waals surface area contributed by atoms with Gasteiger partial charge in [-0.05, 0) is 19.1 Å². The first-order chi connectivity index (χ1) is 9.15. The largest absolute Gasteiger partial charge is 0.389 e. The Balaban J connectivity index is 1.99. The Morgan fingerprint density at radius 2 is 2.21 bits per heavy atom. The lowest BCUT2D eigenvalue weighted by Gasteiger charge is -2.29. The van der Waals surface area contributed by atoms with Gasteiger partial charge in [-0.25, -0.2) is 4.98 Å². The summed E-state index contributed by atoms with van der Waals surface area (Å²) in [5.74, 6) is 1.77. The fraction of sp³-hybridized carbons (Fsp3) is 0.333. The van der Waals surface area contributed by atoms with Gasteiger partial charge < -0.3 is 15.2 Å². The third-order valence-electron chi connectivity index (χ3n) is 3.22. The van der Waals surface area contributed by atoms with Crippen LogP contribution in [0.2, 0.25) is 0 Å². The molecule has 2 N–H and O–H groups in total. The number of rotatable bonds is 2. The van der Waals surface area contributed by atoms with Crippen LogP contribution < -0.4 is 10.6 Å². The second-order valence-electron chi connectivity index (χ2n) is 4.55. The minimum absolute atomic E-state index is 0.370. The van der Waals surface area contributed by atoms with E-state index in [1.165, 1.54) is 0 Å². The van der Waals surface area contributed by atoms with Gasteiger partial charge in [0.1, 0.15) is 17.1 Å². The van der Waals surface area contributed by atoms with Crippen LogP contribution in [-0.4, -0.2) is 31.3 Å². The zero-order chi connectivity index (χ0) is 13.4. The summed E-state index contributed by atoms with van der Waals surface area (Å²) < 4.78 is 2.05. The summed E-state index contributed by atoms with van der Waals surface area (Å²) in [5.41, 5.74) is 7.54. The van der Waals surface area contributed by atoms with Crippen LogP contribution in [0.15, 0.2) is 18.5 Å². The topological polar surface area (TPSA) is 72.9 Å². The summed E-state index contributed by atoms with van der Waals surface area (Å²) in [5, 5.41) is 8.03. The van der Waals surface area contributed by atoms with Gasteiger partial charge in [-0.3, -0.25) is 0 Å². The lowest BCUT2D eigenvalue weighted by Crippen LogP contribution is -2.35. The Morgan fingerprint density at radius 1 is 1.37 bits per heavy atom. The molecule has 0 aliphatic carbocycles.